The van der Waals surface area contributed by atoms with E-state index in [0.29, 0.717) is 11.7 Å². The minimum absolute atomic E-state index is 0.0951. The van der Waals surface area contributed by atoms with Crippen LogP contribution in [0, 0.1) is 29.6 Å². The second kappa shape index (κ2) is 2.36. The van der Waals surface area contributed by atoms with Crippen molar-refractivity contribution in [1.82, 2.24) is 0 Å². The molecule has 2 aliphatic carbocycles. The molecule has 2 aliphatic rings. The Hall–Kier alpha value is -0.770. The Morgan fingerprint density at radius 3 is 3.00 bits per heavy atom. The Morgan fingerprint density at radius 2 is 2.42 bits per heavy atom. The minimum Gasteiger partial charge on any atom is -0.299 e. The van der Waals surface area contributed by atoms with Gasteiger partial charge in [-0.25, -0.2) is 0 Å². The van der Waals surface area contributed by atoms with Gasteiger partial charge in [0, 0.05) is 17.8 Å². The van der Waals surface area contributed by atoms with Crippen LogP contribution in [-0.4, -0.2) is 5.78 Å². The van der Waals surface area contributed by atoms with Crippen molar-refractivity contribution < 1.29 is 4.79 Å². The lowest BCUT2D eigenvalue weighted by atomic mass is 9.50. The molecule has 64 valence electrons. The molecule has 0 aromatic rings. The van der Waals surface area contributed by atoms with Gasteiger partial charge in [0.25, 0.3) is 0 Å². The molecule has 0 aromatic heterocycles. The summed E-state index contributed by atoms with van der Waals surface area (Å²) in [5.41, 5.74) is -0.0951. The summed E-state index contributed by atoms with van der Waals surface area (Å²) in [7, 11) is 0. The maximum absolute atomic E-state index is 11.5. The molecule has 1 heteroatoms. The van der Waals surface area contributed by atoms with E-state index in [-0.39, 0.29) is 11.3 Å². The first-order valence-corrected chi connectivity index (χ1v) is 4.68. The van der Waals surface area contributed by atoms with Gasteiger partial charge in [0.05, 0.1) is 0 Å². The molecule has 0 N–H and O–H groups in total. The van der Waals surface area contributed by atoms with Crippen LogP contribution in [-0.2, 0) is 4.79 Å². The molecule has 3 atom stereocenters. The third kappa shape index (κ3) is 0.843. The summed E-state index contributed by atoms with van der Waals surface area (Å²) in [4.78, 5) is 11.5. The minimum atomic E-state index is -0.0951. The van der Waals surface area contributed by atoms with Crippen LogP contribution >= 0.6 is 0 Å². The van der Waals surface area contributed by atoms with Gasteiger partial charge in [0.2, 0.25) is 0 Å². The highest BCUT2D eigenvalue weighted by Gasteiger charge is 2.53. The van der Waals surface area contributed by atoms with Gasteiger partial charge >= 0.3 is 0 Å². The fraction of sp³-hybridized carbons (Fsp3) is 0.727. The molecule has 0 radical (unpaired) electrons. The fourth-order valence-electron chi connectivity index (χ4n) is 2.88. The predicted molar refractivity (Wildman–Crippen MR) is 47.4 cm³/mol. The number of carbonyl (C=O) groups is 1. The van der Waals surface area contributed by atoms with E-state index in [1.807, 2.05) is 0 Å². The molecule has 0 amide bonds. The molecule has 12 heavy (non-hydrogen) atoms. The highest BCUT2D eigenvalue weighted by atomic mass is 16.1. The van der Waals surface area contributed by atoms with E-state index >= 15 is 0 Å². The van der Waals surface area contributed by atoms with Gasteiger partial charge in [-0.15, -0.1) is 6.42 Å². The van der Waals surface area contributed by atoms with Crippen LogP contribution in [0.5, 0.6) is 0 Å². The second-order valence-corrected chi connectivity index (χ2v) is 4.36. The molecular formula is C11H14O. The zero-order chi connectivity index (χ0) is 8.77. The van der Waals surface area contributed by atoms with Gasteiger partial charge in [-0.05, 0) is 32.1 Å². The number of fused-ring (bicyclic) bond motifs is 1. The van der Waals surface area contributed by atoms with E-state index in [1.165, 1.54) is 6.42 Å². The fourth-order valence-corrected chi connectivity index (χ4v) is 2.88. The SMILES string of the molecule is C#CC1(C)C[C@@H]2CCCC(=O)[C@H]21. The Labute approximate surface area is 73.5 Å². The van der Waals surface area contributed by atoms with Crippen molar-refractivity contribution in [1.29, 1.82) is 0 Å². The normalized spacial score (nSPS) is 45.8. The van der Waals surface area contributed by atoms with Gasteiger partial charge in [-0.3, -0.25) is 4.79 Å². The molecule has 2 saturated carbocycles. The molecule has 0 spiro atoms. The Balaban J connectivity index is 2.20. The summed E-state index contributed by atoms with van der Waals surface area (Å²) < 4.78 is 0. The Morgan fingerprint density at radius 1 is 1.67 bits per heavy atom. The van der Waals surface area contributed by atoms with Crippen molar-refractivity contribution in [3.63, 3.8) is 0 Å². The van der Waals surface area contributed by atoms with Gasteiger partial charge in [0.1, 0.15) is 5.78 Å². The molecule has 0 heterocycles. The first kappa shape index (κ1) is 7.86. The van der Waals surface area contributed by atoms with Crippen LogP contribution in [0.2, 0.25) is 0 Å². The first-order valence-electron chi connectivity index (χ1n) is 4.68. The largest absolute Gasteiger partial charge is 0.299 e. The number of rotatable bonds is 0. The average Bonchev–Trinajstić information content (AvgIpc) is 2.01. The number of hydrogen-bond donors (Lipinski definition) is 0. The van der Waals surface area contributed by atoms with E-state index in [2.05, 4.69) is 12.8 Å². The van der Waals surface area contributed by atoms with Crippen LogP contribution in [0.4, 0.5) is 0 Å². The standard InChI is InChI=1S/C11H14O/c1-3-11(2)7-8-5-4-6-9(12)10(8)11/h1,8,10H,4-7H2,2H3/t8-,10-,11?/m0/s1. The van der Waals surface area contributed by atoms with Crippen molar-refractivity contribution in [2.45, 2.75) is 32.6 Å². The molecular weight excluding hydrogens is 148 g/mol. The zero-order valence-electron chi connectivity index (χ0n) is 7.47. The van der Waals surface area contributed by atoms with Crippen molar-refractivity contribution >= 4 is 5.78 Å². The lowest BCUT2D eigenvalue weighted by Crippen LogP contribution is -2.51. The maximum atomic E-state index is 11.5. The van der Waals surface area contributed by atoms with Gasteiger partial charge in [-0.1, -0.05) is 5.92 Å². The van der Waals surface area contributed by atoms with Crippen LogP contribution in [0.25, 0.3) is 0 Å². The quantitative estimate of drug-likeness (QED) is 0.498. The summed E-state index contributed by atoms with van der Waals surface area (Å²) in [5.74, 6) is 4.02. The summed E-state index contributed by atoms with van der Waals surface area (Å²) in [5, 5.41) is 0. The predicted octanol–water partition coefficient (Wildman–Crippen LogP) is 2.01. The third-order valence-corrected chi connectivity index (χ3v) is 3.52. The number of carbonyl (C=O) groups excluding carboxylic acids is 1. The number of Topliss-reactive ketones (excluding diaryl/α,β-unsaturated/α-hetero) is 1. The Bertz CT molecular complexity index is 261. The smallest absolute Gasteiger partial charge is 0.137 e. The van der Waals surface area contributed by atoms with Crippen LogP contribution in [0.15, 0.2) is 0 Å². The lowest BCUT2D eigenvalue weighted by Gasteiger charge is -2.51. The number of hydrogen-bond acceptors (Lipinski definition) is 1. The monoisotopic (exact) mass is 162 g/mol. The molecule has 2 fully saturated rings. The highest BCUT2D eigenvalue weighted by Crippen LogP contribution is 2.55. The van der Waals surface area contributed by atoms with Gasteiger partial charge < -0.3 is 0 Å². The molecule has 1 nitrogen and oxygen atoms in total. The van der Waals surface area contributed by atoms with E-state index in [0.717, 1.165) is 19.3 Å². The third-order valence-electron chi connectivity index (χ3n) is 3.52. The molecule has 0 saturated heterocycles. The van der Waals surface area contributed by atoms with Crippen LogP contribution in [0.1, 0.15) is 32.6 Å². The van der Waals surface area contributed by atoms with E-state index in [9.17, 15) is 4.79 Å². The molecule has 0 aromatic carbocycles. The van der Waals surface area contributed by atoms with Crippen LogP contribution in [0.3, 0.4) is 0 Å². The summed E-state index contributed by atoms with van der Waals surface area (Å²) in [6, 6.07) is 0. The summed E-state index contributed by atoms with van der Waals surface area (Å²) >= 11 is 0. The second-order valence-electron chi connectivity index (χ2n) is 4.36. The maximum Gasteiger partial charge on any atom is 0.137 e. The lowest BCUT2D eigenvalue weighted by molar-refractivity contribution is -0.139. The van der Waals surface area contributed by atoms with Crippen LogP contribution < -0.4 is 0 Å². The number of ketones is 1. The topological polar surface area (TPSA) is 17.1 Å². The van der Waals surface area contributed by atoms with Crippen molar-refractivity contribution in [2.75, 3.05) is 0 Å². The summed E-state index contributed by atoms with van der Waals surface area (Å²) in [6.45, 7) is 2.05. The highest BCUT2D eigenvalue weighted by molar-refractivity contribution is 5.84. The molecule has 2 rings (SSSR count). The van der Waals surface area contributed by atoms with E-state index in [4.69, 9.17) is 6.42 Å². The zero-order valence-corrected chi connectivity index (χ0v) is 7.47. The Kier molecular flexibility index (Phi) is 1.54. The number of terminal acetylenes is 1. The van der Waals surface area contributed by atoms with Crippen molar-refractivity contribution in [3.8, 4) is 12.3 Å². The van der Waals surface area contributed by atoms with E-state index in [1.54, 1.807) is 0 Å². The van der Waals surface area contributed by atoms with Gasteiger partial charge in [-0.2, -0.15) is 0 Å². The molecule has 0 aliphatic heterocycles. The molecule has 1 unspecified atom stereocenters. The summed E-state index contributed by atoms with van der Waals surface area (Å²) in [6.07, 6.45) is 9.57. The van der Waals surface area contributed by atoms with Crippen molar-refractivity contribution in [3.05, 3.63) is 0 Å². The average molecular weight is 162 g/mol. The first-order chi connectivity index (χ1) is 5.67. The van der Waals surface area contributed by atoms with Gasteiger partial charge in [0.15, 0.2) is 0 Å². The molecule has 0 bridgehead atoms. The van der Waals surface area contributed by atoms with E-state index < -0.39 is 0 Å². The van der Waals surface area contributed by atoms with Crippen molar-refractivity contribution in [2.24, 2.45) is 17.3 Å².